The standard InChI is InChI=1S/C24H28N4O2S/c1-6-15-28-22(17-7-9-18(10-8-17)24(2,3)4)26-27-23(28)31-16-21(29)25-19-11-13-20(30-5)14-12-19/h6-14H,1,15-16H2,2-5H3,(H,25,29). The smallest absolute Gasteiger partial charge is 0.234 e. The van der Waals surface area contributed by atoms with E-state index in [9.17, 15) is 4.79 Å². The van der Waals surface area contributed by atoms with Crippen molar-refractivity contribution in [1.82, 2.24) is 14.8 Å². The van der Waals surface area contributed by atoms with Crippen molar-refractivity contribution < 1.29 is 9.53 Å². The Hall–Kier alpha value is -3.06. The quantitative estimate of drug-likeness (QED) is 0.390. The molecule has 1 heterocycles. The summed E-state index contributed by atoms with van der Waals surface area (Å²) in [6.07, 6.45) is 1.80. The number of nitrogens with zero attached hydrogens (tertiary/aromatic N) is 3. The molecule has 0 aliphatic carbocycles. The van der Waals surface area contributed by atoms with E-state index in [0.29, 0.717) is 11.7 Å². The van der Waals surface area contributed by atoms with Gasteiger partial charge in [0.05, 0.1) is 12.9 Å². The minimum absolute atomic E-state index is 0.0889. The Kier molecular flexibility index (Phi) is 7.17. The van der Waals surface area contributed by atoms with E-state index in [1.807, 2.05) is 4.57 Å². The van der Waals surface area contributed by atoms with Gasteiger partial charge in [0.2, 0.25) is 5.91 Å². The van der Waals surface area contributed by atoms with Gasteiger partial charge in [-0.15, -0.1) is 16.8 Å². The summed E-state index contributed by atoms with van der Waals surface area (Å²) in [5.74, 6) is 1.62. The highest BCUT2D eigenvalue weighted by Gasteiger charge is 2.17. The van der Waals surface area contributed by atoms with E-state index in [1.54, 1.807) is 37.5 Å². The minimum atomic E-state index is -0.112. The molecule has 2 aromatic carbocycles. The molecule has 7 heteroatoms. The molecule has 1 N–H and O–H groups in total. The number of hydrogen-bond acceptors (Lipinski definition) is 5. The zero-order valence-corrected chi connectivity index (χ0v) is 19.2. The van der Waals surface area contributed by atoms with Crippen LogP contribution in [0.3, 0.4) is 0 Å². The monoisotopic (exact) mass is 436 g/mol. The van der Waals surface area contributed by atoms with E-state index < -0.39 is 0 Å². The van der Waals surface area contributed by atoms with Gasteiger partial charge in [-0.1, -0.05) is 62.9 Å². The maximum absolute atomic E-state index is 12.4. The van der Waals surface area contributed by atoms with Crippen molar-refractivity contribution in [3.63, 3.8) is 0 Å². The van der Waals surface area contributed by atoms with Crippen molar-refractivity contribution in [3.05, 3.63) is 66.7 Å². The van der Waals surface area contributed by atoms with Gasteiger partial charge < -0.3 is 10.1 Å². The third-order valence-corrected chi connectivity index (χ3v) is 5.71. The normalized spacial score (nSPS) is 11.2. The second kappa shape index (κ2) is 9.83. The first kappa shape index (κ1) is 22.6. The number of anilines is 1. The predicted molar refractivity (Wildman–Crippen MR) is 127 cm³/mol. The van der Waals surface area contributed by atoms with Crippen molar-refractivity contribution >= 4 is 23.4 Å². The van der Waals surface area contributed by atoms with Gasteiger partial charge in [-0.25, -0.2) is 0 Å². The molecule has 1 aromatic heterocycles. The molecule has 0 fully saturated rings. The molecule has 0 saturated carbocycles. The molecule has 0 unspecified atom stereocenters. The van der Waals surface area contributed by atoms with Gasteiger partial charge in [0.1, 0.15) is 5.75 Å². The fourth-order valence-corrected chi connectivity index (χ4v) is 3.77. The Morgan fingerprint density at radius 3 is 2.39 bits per heavy atom. The third kappa shape index (κ3) is 5.76. The number of rotatable bonds is 8. The number of amides is 1. The first-order valence-electron chi connectivity index (χ1n) is 10.0. The molecular formula is C24H28N4O2S. The summed E-state index contributed by atoms with van der Waals surface area (Å²) < 4.78 is 7.11. The van der Waals surface area contributed by atoms with E-state index >= 15 is 0 Å². The maximum Gasteiger partial charge on any atom is 0.234 e. The Morgan fingerprint density at radius 2 is 1.81 bits per heavy atom. The van der Waals surface area contributed by atoms with Crippen LogP contribution < -0.4 is 10.1 Å². The van der Waals surface area contributed by atoms with Crippen molar-refractivity contribution in [1.29, 1.82) is 0 Å². The molecule has 0 spiro atoms. The lowest BCUT2D eigenvalue weighted by Gasteiger charge is -2.19. The molecule has 1 amide bonds. The highest BCUT2D eigenvalue weighted by Crippen LogP contribution is 2.28. The molecule has 3 rings (SSSR count). The highest BCUT2D eigenvalue weighted by atomic mass is 32.2. The minimum Gasteiger partial charge on any atom is -0.497 e. The predicted octanol–water partition coefficient (Wildman–Crippen LogP) is 5.17. The van der Waals surface area contributed by atoms with Crippen LogP contribution in [-0.2, 0) is 16.8 Å². The first-order valence-corrected chi connectivity index (χ1v) is 11.0. The molecule has 0 bridgehead atoms. The Labute approximate surface area is 187 Å². The zero-order valence-electron chi connectivity index (χ0n) is 18.4. The molecule has 0 atom stereocenters. The molecule has 6 nitrogen and oxygen atoms in total. The molecule has 31 heavy (non-hydrogen) atoms. The number of allylic oxidation sites excluding steroid dienone is 1. The van der Waals surface area contributed by atoms with Crippen LogP contribution in [0, 0.1) is 0 Å². The van der Waals surface area contributed by atoms with Crippen LogP contribution in [0.5, 0.6) is 5.75 Å². The van der Waals surface area contributed by atoms with Gasteiger partial charge in [-0.3, -0.25) is 9.36 Å². The summed E-state index contributed by atoms with van der Waals surface area (Å²) in [6.45, 7) is 11.0. The average molecular weight is 437 g/mol. The molecule has 0 radical (unpaired) electrons. The van der Waals surface area contributed by atoms with Crippen LogP contribution in [0.25, 0.3) is 11.4 Å². The number of hydrogen-bond donors (Lipinski definition) is 1. The van der Waals surface area contributed by atoms with Crippen molar-refractivity contribution in [2.45, 2.75) is 37.9 Å². The molecule has 0 saturated heterocycles. The molecule has 162 valence electrons. The number of nitrogens with one attached hydrogen (secondary N) is 1. The van der Waals surface area contributed by atoms with Crippen LogP contribution in [-0.4, -0.2) is 33.5 Å². The third-order valence-electron chi connectivity index (χ3n) is 4.74. The Balaban J connectivity index is 1.71. The van der Waals surface area contributed by atoms with Crippen LogP contribution in [0.2, 0.25) is 0 Å². The Morgan fingerprint density at radius 1 is 1.13 bits per heavy atom. The first-order chi connectivity index (χ1) is 14.8. The molecular weight excluding hydrogens is 408 g/mol. The van der Waals surface area contributed by atoms with E-state index in [0.717, 1.165) is 22.8 Å². The molecule has 0 aliphatic heterocycles. The fraction of sp³-hybridized carbons (Fsp3) is 0.292. The van der Waals surface area contributed by atoms with E-state index in [2.05, 4.69) is 67.1 Å². The molecule has 0 aliphatic rings. The number of ether oxygens (including phenoxy) is 1. The topological polar surface area (TPSA) is 69.0 Å². The van der Waals surface area contributed by atoms with E-state index in [1.165, 1.54) is 17.3 Å². The van der Waals surface area contributed by atoms with Crippen LogP contribution >= 0.6 is 11.8 Å². The van der Waals surface area contributed by atoms with Gasteiger partial charge in [0.25, 0.3) is 0 Å². The largest absolute Gasteiger partial charge is 0.497 e. The zero-order chi connectivity index (χ0) is 22.4. The van der Waals surface area contributed by atoms with Crippen molar-refractivity contribution in [2.75, 3.05) is 18.2 Å². The summed E-state index contributed by atoms with van der Waals surface area (Å²) in [5, 5.41) is 12.3. The lowest BCUT2D eigenvalue weighted by molar-refractivity contribution is -0.113. The van der Waals surface area contributed by atoms with Gasteiger partial charge in [0, 0.05) is 17.8 Å². The van der Waals surface area contributed by atoms with Gasteiger partial charge in [-0.2, -0.15) is 0 Å². The summed E-state index contributed by atoms with van der Waals surface area (Å²) in [7, 11) is 1.61. The lowest BCUT2D eigenvalue weighted by atomic mass is 9.87. The van der Waals surface area contributed by atoms with E-state index in [-0.39, 0.29) is 17.1 Å². The van der Waals surface area contributed by atoms with Crippen LogP contribution in [0.4, 0.5) is 5.69 Å². The highest BCUT2D eigenvalue weighted by molar-refractivity contribution is 7.99. The number of methoxy groups -OCH3 is 1. The maximum atomic E-state index is 12.4. The van der Waals surface area contributed by atoms with Gasteiger partial charge in [-0.05, 0) is 35.2 Å². The van der Waals surface area contributed by atoms with Crippen LogP contribution in [0.15, 0.2) is 66.3 Å². The fourth-order valence-electron chi connectivity index (χ4n) is 3.02. The summed E-state index contributed by atoms with van der Waals surface area (Å²) in [6, 6.07) is 15.6. The summed E-state index contributed by atoms with van der Waals surface area (Å²) in [4.78, 5) is 12.4. The Bertz CT molecular complexity index is 1030. The number of thioether (sulfide) groups is 1. The van der Waals surface area contributed by atoms with Crippen LogP contribution in [0.1, 0.15) is 26.3 Å². The lowest BCUT2D eigenvalue weighted by Crippen LogP contribution is -2.14. The SMILES string of the molecule is C=CCn1c(SCC(=O)Nc2ccc(OC)cc2)nnc1-c1ccc(C(C)(C)C)cc1. The number of carbonyl (C=O) groups excluding carboxylic acids is 1. The number of carbonyl (C=O) groups is 1. The van der Waals surface area contributed by atoms with E-state index in [4.69, 9.17) is 4.74 Å². The average Bonchev–Trinajstić information content (AvgIpc) is 3.15. The van der Waals surface area contributed by atoms with Crippen molar-refractivity contribution in [3.8, 4) is 17.1 Å². The van der Waals surface area contributed by atoms with Crippen molar-refractivity contribution in [2.24, 2.45) is 0 Å². The molecule has 3 aromatic rings. The summed E-state index contributed by atoms with van der Waals surface area (Å²) in [5.41, 5.74) is 3.05. The van der Waals surface area contributed by atoms with Gasteiger partial charge >= 0.3 is 0 Å². The number of benzene rings is 2. The second-order valence-corrected chi connectivity index (χ2v) is 9.04. The summed E-state index contributed by atoms with van der Waals surface area (Å²) >= 11 is 1.35. The second-order valence-electron chi connectivity index (χ2n) is 8.10. The van der Waals surface area contributed by atoms with Gasteiger partial charge in [0.15, 0.2) is 11.0 Å². The number of aromatic nitrogens is 3.